The van der Waals surface area contributed by atoms with Crippen molar-refractivity contribution < 1.29 is 13.9 Å². The number of nitrogens with zero attached hydrogens (tertiary/aromatic N) is 2. The summed E-state index contributed by atoms with van der Waals surface area (Å²) in [6, 6.07) is 13.0. The van der Waals surface area contributed by atoms with E-state index in [9.17, 15) is 0 Å². The number of hydrogen-bond acceptors (Lipinski definition) is 7. The lowest BCUT2D eigenvalue weighted by Crippen LogP contribution is -2.38. The first kappa shape index (κ1) is 20.6. The highest BCUT2D eigenvalue weighted by molar-refractivity contribution is 6.12. The molecule has 3 aromatic rings. The highest BCUT2D eigenvalue weighted by Crippen LogP contribution is 2.39. The summed E-state index contributed by atoms with van der Waals surface area (Å²) in [5.74, 6) is 0. The van der Waals surface area contributed by atoms with E-state index in [2.05, 4.69) is 56.8 Å². The van der Waals surface area contributed by atoms with Crippen LogP contribution in [0.2, 0.25) is 0 Å². The molecule has 0 radical (unpaired) electrons. The van der Waals surface area contributed by atoms with Crippen LogP contribution in [-0.4, -0.2) is 78.8 Å². The number of fused-ring (bicyclic) bond motifs is 1. The standard InChI is InChI=1S/C24H32N4O3/c1-3-19-20-4-2-6-22-24(20)31-23(19)21(5-1)27-11-7-25-9-15-29-16-10-26-8-12-28(22)14-18-30-17-13-27/h1-6,25-26H,7-18H2. The van der Waals surface area contributed by atoms with Gasteiger partial charge in [-0.25, -0.2) is 0 Å². The zero-order valence-electron chi connectivity index (χ0n) is 18.1. The largest absolute Gasteiger partial charge is 0.452 e. The molecular formula is C24H32N4O3. The van der Waals surface area contributed by atoms with E-state index < -0.39 is 0 Å². The predicted octanol–water partition coefficient (Wildman–Crippen LogP) is 2.44. The Morgan fingerprint density at radius 2 is 1.10 bits per heavy atom. The Morgan fingerprint density at radius 1 is 0.581 bits per heavy atom. The second kappa shape index (κ2) is 9.87. The molecule has 31 heavy (non-hydrogen) atoms. The van der Waals surface area contributed by atoms with Crippen LogP contribution in [0.4, 0.5) is 11.4 Å². The van der Waals surface area contributed by atoms with Crippen molar-refractivity contribution in [2.75, 3.05) is 88.6 Å². The first-order chi connectivity index (χ1) is 15.4. The van der Waals surface area contributed by atoms with Gasteiger partial charge in [-0.05, 0) is 12.1 Å². The Kier molecular flexibility index (Phi) is 6.55. The van der Waals surface area contributed by atoms with Gasteiger partial charge in [0.1, 0.15) is 0 Å². The second-order valence-corrected chi connectivity index (χ2v) is 8.11. The van der Waals surface area contributed by atoms with Crippen LogP contribution < -0.4 is 20.4 Å². The Labute approximate surface area is 183 Å². The lowest BCUT2D eigenvalue weighted by molar-refractivity contribution is 0.136. The van der Waals surface area contributed by atoms with Crippen molar-refractivity contribution in [1.29, 1.82) is 0 Å². The summed E-state index contributed by atoms with van der Waals surface area (Å²) in [5.41, 5.74) is 4.20. The molecule has 2 aromatic carbocycles. The Balaban J connectivity index is 1.61. The summed E-state index contributed by atoms with van der Waals surface area (Å²) in [7, 11) is 0. The summed E-state index contributed by atoms with van der Waals surface area (Å²) >= 11 is 0. The molecular weight excluding hydrogens is 392 g/mol. The molecule has 0 saturated heterocycles. The van der Waals surface area contributed by atoms with E-state index >= 15 is 0 Å². The summed E-state index contributed by atoms with van der Waals surface area (Å²) in [6.45, 7) is 9.80. The van der Waals surface area contributed by atoms with Crippen molar-refractivity contribution in [2.45, 2.75) is 0 Å². The number of furan rings is 1. The highest BCUT2D eigenvalue weighted by atomic mass is 16.5. The van der Waals surface area contributed by atoms with Crippen molar-refractivity contribution in [3.63, 3.8) is 0 Å². The van der Waals surface area contributed by atoms with Crippen LogP contribution in [0.1, 0.15) is 0 Å². The molecule has 0 fully saturated rings. The average molecular weight is 425 g/mol. The van der Waals surface area contributed by atoms with Crippen LogP contribution in [0, 0.1) is 0 Å². The van der Waals surface area contributed by atoms with E-state index in [-0.39, 0.29) is 0 Å². The maximum atomic E-state index is 6.61. The molecule has 7 nitrogen and oxygen atoms in total. The first-order valence-corrected chi connectivity index (χ1v) is 11.4. The molecule has 3 heterocycles. The summed E-state index contributed by atoms with van der Waals surface area (Å²) in [5, 5.41) is 9.36. The topological polar surface area (TPSA) is 62.1 Å². The van der Waals surface area contributed by atoms with Gasteiger partial charge in [0.05, 0.1) is 37.8 Å². The van der Waals surface area contributed by atoms with Gasteiger partial charge in [-0.3, -0.25) is 0 Å². The monoisotopic (exact) mass is 424 g/mol. The smallest absolute Gasteiger partial charge is 0.158 e. The van der Waals surface area contributed by atoms with Crippen LogP contribution in [0.25, 0.3) is 21.9 Å². The van der Waals surface area contributed by atoms with Gasteiger partial charge in [0.2, 0.25) is 0 Å². The molecule has 0 unspecified atom stereocenters. The van der Waals surface area contributed by atoms with Gasteiger partial charge >= 0.3 is 0 Å². The quantitative estimate of drug-likeness (QED) is 0.575. The molecule has 0 saturated carbocycles. The van der Waals surface area contributed by atoms with E-state index in [1.807, 2.05) is 0 Å². The molecule has 0 aliphatic carbocycles. The number of nitrogens with one attached hydrogen (secondary N) is 2. The second-order valence-electron chi connectivity index (χ2n) is 8.11. The summed E-state index contributed by atoms with van der Waals surface area (Å²) in [4.78, 5) is 4.76. The SMILES string of the molecule is c1cc2c3oc4c(cccc4c3c1)N1CCNCCOCCNCCN2CCOCC1. The van der Waals surface area contributed by atoms with Crippen LogP contribution in [-0.2, 0) is 9.47 Å². The van der Waals surface area contributed by atoms with E-state index in [1.54, 1.807) is 0 Å². The Hall–Kier alpha value is -2.32. The zero-order valence-corrected chi connectivity index (χ0v) is 18.1. The number of anilines is 2. The summed E-state index contributed by atoms with van der Waals surface area (Å²) < 4.78 is 18.4. The third-order valence-electron chi connectivity index (χ3n) is 6.14. The predicted molar refractivity (Wildman–Crippen MR) is 126 cm³/mol. The van der Waals surface area contributed by atoms with E-state index in [1.165, 1.54) is 10.8 Å². The van der Waals surface area contributed by atoms with Crippen molar-refractivity contribution in [2.24, 2.45) is 0 Å². The van der Waals surface area contributed by atoms with Gasteiger partial charge in [0.15, 0.2) is 11.2 Å². The van der Waals surface area contributed by atoms with Crippen molar-refractivity contribution >= 4 is 33.3 Å². The number of hydrogen-bond donors (Lipinski definition) is 2. The van der Waals surface area contributed by atoms with Gasteiger partial charge < -0.3 is 34.3 Å². The average Bonchev–Trinajstić information content (AvgIpc) is 3.17. The molecule has 0 amide bonds. The number of benzene rings is 2. The van der Waals surface area contributed by atoms with Crippen molar-refractivity contribution in [1.82, 2.24) is 10.6 Å². The molecule has 0 spiro atoms. The molecule has 166 valence electrons. The Morgan fingerprint density at radius 3 is 1.65 bits per heavy atom. The van der Waals surface area contributed by atoms with E-state index in [0.717, 1.165) is 88.1 Å². The maximum absolute atomic E-state index is 6.61. The molecule has 7 heteroatoms. The van der Waals surface area contributed by atoms with Crippen LogP contribution in [0.5, 0.6) is 0 Å². The third kappa shape index (κ3) is 4.50. The molecule has 0 atom stereocenters. The van der Waals surface area contributed by atoms with Gasteiger partial charge in [-0.2, -0.15) is 0 Å². The molecule has 2 aliphatic rings. The van der Waals surface area contributed by atoms with Gasteiger partial charge in [0.25, 0.3) is 0 Å². The normalized spacial score (nSPS) is 20.0. The van der Waals surface area contributed by atoms with Crippen molar-refractivity contribution in [3.8, 4) is 0 Å². The van der Waals surface area contributed by atoms with Crippen LogP contribution >= 0.6 is 0 Å². The molecule has 4 bridgehead atoms. The lowest BCUT2D eigenvalue weighted by atomic mass is 10.1. The minimum Gasteiger partial charge on any atom is -0.452 e. The van der Waals surface area contributed by atoms with Gasteiger partial charge in [0, 0.05) is 63.1 Å². The Bertz CT molecular complexity index is 929. The number of ether oxygens (including phenoxy) is 2. The minimum absolute atomic E-state index is 0.698. The van der Waals surface area contributed by atoms with Crippen molar-refractivity contribution in [3.05, 3.63) is 36.4 Å². The minimum atomic E-state index is 0.698. The fraction of sp³-hybridized carbons (Fsp3) is 0.500. The first-order valence-electron chi connectivity index (χ1n) is 11.4. The van der Waals surface area contributed by atoms with Gasteiger partial charge in [-0.1, -0.05) is 24.3 Å². The van der Waals surface area contributed by atoms with Gasteiger partial charge in [-0.15, -0.1) is 0 Å². The molecule has 2 aliphatic heterocycles. The fourth-order valence-corrected chi connectivity index (χ4v) is 4.51. The lowest BCUT2D eigenvalue weighted by Gasteiger charge is -2.27. The van der Waals surface area contributed by atoms with Crippen LogP contribution in [0.3, 0.4) is 0 Å². The van der Waals surface area contributed by atoms with E-state index in [0.29, 0.717) is 13.2 Å². The highest BCUT2D eigenvalue weighted by Gasteiger charge is 2.20. The number of para-hydroxylation sites is 2. The third-order valence-corrected chi connectivity index (χ3v) is 6.14. The molecule has 1 aromatic heterocycles. The van der Waals surface area contributed by atoms with Crippen LogP contribution in [0.15, 0.2) is 40.8 Å². The number of rotatable bonds is 0. The summed E-state index contributed by atoms with van der Waals surface area (Å²) in [6.07, 6.45) is 0. The zero-order chi connectivity index (χ0) is 20.9. The fourth-order valence-electron chi connectivity index (χ4n) is 4.51. The molecule has 2 N–H and O–H groups in total. The van der Waals surface area contributed by atoms with E-state index in [4.69, 9.17) is 13.9 Å². The molecule has 5 rings (SSSR count). The maximum Gasteiger partial charge on any atom is 0.158 e.